The number of phenols is 1. The van der Waals surface area contributed by atoms with Gasteiger partial charge in [0.2, 0.25) is 11.9 Å². The molecule has 0 bridgehead atoms. The Kier molecular flexibility index (Phi) is 5.74. The van der Waals surface area contributed by atoms with Crippen LogP contribution in [0, 0.1) is 0 Å². The summed E-state index contributed by atoms with van der Waals surface area (Å²) in [6.07, 6.45) is 0.343. The van der Waals surface area contributed by atoms with Crippen LogP contribution in [0.5, 0.6) is 5.75 Å². The Labute approximate surface area is 178 Å². The maximum atomic E-state index is 11.8. The summed E-state index contributed by atoms with van der Waals surface area (Å²) >= 11 is 1.33. The summed E-state index contributed by atoms with van der Waals surface area (Å²) in [5.74, 6) is 0.928. The van der Waals surface area contributed by atoms with Gasteiger partial charge in [-0.1, -0.05) is 30.0 Å². The summed E-state index contributed by atoms with van der Waals surface area (Å²) in [6.45, 7) is 4.80. The number of carbonyl (C=O) groups is 1. The molecule has 0 saturated heterocycles. The van der Waals surface area contributed by atoms with Crippen LogP contribution in [0.1, 0.15) is 31.4 Å². The van der Waals surface area contributed by atoms with Gasteiger partial charge in [-0.2, -0.15) is 9.97 Å². The Morgan fingerprint density at radius 2 is 2.07 bits per heavy atom. The maximum absolute atomic E-state index is 11.8. The highest BCUT2D eigenvalue weighted by Crippen LogP contribution is 2.40. The molecule has 4 rings (SSSR count). The molecule has 156 valence electrons. The number of hydrogen-bond donors (Lipinski definition) is 3. The highest BCUT2D eigenvalue weighted by atomic mass is 32.2. The fourth-order valence-corrected chi connectivity index (χ4v) is 4.33. The van der Waals surface area contributed by atoms with Gasteiger partial charge in [-0.25, -0.2) is 4.98 Å². The molecule has 0 aliphatic carbocycles. The first-order valence-corrected chi connectivity index (χ1v) is 10.7. The van der Waals surface area contributed by atoms with E-state index < -0.39 is 0 Å². The number of aromatic nitrogens is 3. The number of benzene rings is 2. The molecule has 0 saturated carbocycles. The Morgan fingerprint density at radius 1 is 1.27 bits per heavy atom. The standard InChI is InChI=1S/C21H23N5O3S/c1-11(2)23-16(28)6-7-30-21-25-19(24-20(22)26-21)18-14-5-3-4-12-9-29-10-13(17(12)14)8-15(18)27/h3-5,8,11,27H,6-7,9-10H2,1-2H3,(H,23,28)(H2,22,24,25,26). The molecule has 0 atom stereocenters. The Hall–Kier alpha value is -2.91. The van der Waals surface area contributed by atoms with E-state index in [1.807, 2.05) is 32.0 Å². The monoisotopic (exact) mass is 425 g/mol. The van der Waals surface area contributed by atoms with Crippen molar-refractivity contribution < 1.29 is 14.6 Å². The minimum absolute atomic E-state index is 0.0248. The number of carbonyl (C=O) groups excluding carboxylic acids is 1. The fourth-order valence-electron chi connectivity index (χ4n) is 3.55. The number of hydrogen-bond acceptors (Lipinski definition) is 8. The van der Waals surface area contributed by atoms with Crippen LogP contribution in [0.4, 0.5) is 5.95 Å². The van der Waals surface area contributed by atoms with Gasteiger partial charge in [0.05, 0.1) is 18.8 Å². The number of ether oxygens (including phenoxy) is 1. The second-order valence-corrected chi connectivity index (χ2v) is 8.44. The van der Waals surface area contributed by atoms with Crippen molar-refractivity contribution >= 4 is 34.4 Å². The topological polar surface area (TPSA) is 123 Å². The van der Waals surface area contributed by atoms with Gasteiger partial charge < -0.3 is 20.9 Å². The van der Waals surface area contributed by atoms with Crippen LogP contribution in [-0.4, -0.2) is 37.8 Å². The van der Waals surface area contributed by atoms with Crippen LogP contribution < -0.4 is 11.1 Å². The highest BCUT2D eigenvalue weighted by molar-refractivity contribution is 7.99. The van der Waals surface area contributed by atoms with Crippen molar-refractivity contribution in [1.29, 1.82) is 0 Å². The van der Waals surface area contributed by atoms with Crippen molar-refractivity contribution in [2.24, 2.45) is 0 Å². The zero-order valence-corrected chi connectivity index (χ0v) is 17.6. The Morgan fingerprint density at radius 3 is 2.87 bits per heavy atom. The smallest absolute Gasteiger partial charge is 0.224 e. The number of nitrogens with zero attached hydrogens (tertiary/aromatic N) is 3. The van der Waals surface area contributed by atoms with Crippen LogP contribution in [0.15, 0.2) is 29.4 Å². The second kappa shape index (κ2) is 8.45. The van der Waals surface area contributed by atoms with Crippen molar-refractivity contribution in [3.05, 3.63) is 35.4 Å². The molecule has 8 nitrogen and oxygen atoms in total. The number of nitrogen functional groups attached to an aromatic ring is 1. The average molecular weight is 426 g/mol. The predicted octanol–water partition coefficient (Wildman–Crippen LogP) is 3.02. The van der Waals surface area contributed by atoms with Crippen LogP contribution in [0.3, 0.4) is 0 Å². The molecule has 0 fully saturated rings. The third-order valence-electron chi connectivity index (χ3n) is 4.69. The summed E-state index contributed by atoms with van der Waals surface area (Å²) in [5, 5.41) is 15.9. The van der Waals surface area contributed by atoms with Crippen LogP contribution >= 0.6 is 11.8 Å². The first-order chi connectivity index (χ1) is 14.4. The van der Waals surface area contributed by atoms with Crippen molar-refractivity contribution in [2.75, 3.05) is 11.5 Å². The van der Waals surface area contributed by atoms with Crippen LogP contribution in [0.25, 0.3) is 22.2 Å². The van der Waals surface area contributed by atoms with E-state index in [0.29, 0.717) is 41.9 Å². The maximum Gasteiger partial charge on any atom is 0.224 e. The lowest BCUT2D eigenvalue weighted by Crippen LogP contribution is -2.30. The fraction of sp³-hybridized carbons (Fsp3) is 0.333. The van der Waals surface area contributed by atoms with E-state index in [1.54, 1.807) is 6.07 Å². The largest absolute Gasteiger partial charge is 0.507 e. The lowest BCUT2D eigenvalue weighted by Gasteiger charge is -2.20. The zero-order chi connectivity index (χ0) is 21.3. The summed E-state index contributed by atoms with van der Waals surface area (Å²) in [6, 6.07) is 7.67. The van der Waals surface area contributed by atoms with Gasteiger partial charge in [0.15, 0.2) is 11.0 Å². The number of nitrogens with two attached hydrogens (primary N) is 1. The molecule has 0 spiro atoms. The zero-order valence-electron chi connectivity index (χ0n) is 16.8. The molecule has 2 heterocycles. The van der Waals surface area contributed by atoms with Crippen LogP contribution in [0.2, 0.25) is 0 Å². The minimum Gasteiger partial charge on any atom is -0.507 e. The second-order valence-electron chi connectivity index (χ2n) is 7.38. The summed E-state index contributed by atoms with van der Waals surface area (Å²) in [7, 11) is 0. The molecule has 0 unspecified atom stereocenters. The molecular weight excluding hydrogens is 402 g/mol. The van der Waals surface area contributed by atoms with Crippen molar-refractivity contribution in [3.8, 4) is 17.1 Å². The van der Waals surface area contributed by atoms with E-state index >= 15 is 0 Å². The van der Waals surface area contributed by atoms with Gasteiger partial charge in [0, 0.05) is 18.2 Å². The number of thioether (sulfide) groups is 1. The van der Waals surface area contributed by atoms with Gasteiger partial charge in [-0.3, -0.25) is 4.79 Å². The molecule has 1 aliphatic rings. The first-order valence-electron chi connectivity index (χ1n) is 9.70. The first kappa shape index (κ1) is 20.4. The van der Waals surface area contributed by atoms with Crippen LogP contribution in [-0.2, 0) is 22.7 Å². The number of anilines is 1. The third kappa shape index (κ3) is 4.17. The van der Waals surface area contributed by atoms with E-state index in [-0.39, 0.29) is 23.6 Å². The number of phenolic OH excluding ortho intramolecular Hbond substituents is 1. The number of amides is 1. The number of rotatable bonds is 6. The Balaban J connectivity index is 1.67. The number of nitrogens with one attached hydrogen (secondary N) is 1. The average Bonchev–Trinajstić information content (AvgIpc) is 2.67. The lowest BCUT2D eigenvalue weighted by molar-refractivity contribution is -0.121. The molecule has 3 aromatic rings. The van der Waals surface area contributed by atoms with E-state index in [1.165, 1.54) is 11.8 Å². The molecule has 9 heteroatoms. The molecule has 4 N–H and O–H groups in total. The van der Waals surface area contributed by atoms with Crippen molar-refractivity contribution in [3.63, 3.8) is 0 Å². The van der Waals surface area contributed by atoms with Crippen molar-refractivity contribution in [2.45, 2.75) is 44.7 Å². The van der Waals surface area contributed by atoms with Gasteiger partial charge in [0.1, 0.15) is 5.75 Å². The molecule has 1 aliphatic heterocycles. The molecule has 0 radical (unpaired) electrons. The molecule has 2 aromatic carbocycles. The third-order valence-corrected chi connectivity index (χ3v) is 5.54. The summed E-state index contributed by atoms with van der Waals surface area (Å²) in [4.78, 5) is 24.8. The van der Waals surface area contributed by atoms with Gasteiger partial charge in [-0.15, -0.1) is 0 Å². The molecule has 30 heavy (non-hydrogen) atoms. The van der Waals surface area contributed by atoms with E-state index in [0.717, 1.165) is 21.9 Å². The van der Waals surface area contributed by atoms with E-state index in [4.69, 9.17) is 10.5 Å². The summed E-state index contributed by atoms with van der Waals surface area (Å²) < 4.78 is 5.60. The predicted molar refractivity (Wildman–Crippen MR) is 116 cm³/mol. The minimum atomic E-state index is -0.0248. The molecule has 1 amide bonds. The highest BCUT2D eigenvalue weighted by Gasteiger charge is 2.21. The Bertz CT molecular complexity index is 1120. The molecule has 1 aromatic heterocycles. The number of aromatic hydroxyl groups is 1. The van der Waals surface area contributed by atoms with E-state index in [9.17, 15) is 9.90 Å². The SMILES string of the molecule is CC(C)NC(=O)CCSc1nc(N)nc(-c2c(O)cc3c4c(cccc24)COC3)n1. The van der Waals surface area contributed by atoms with E-state index in [2.05, 4.69) is 20.3 Å². The summed E-state index contributed by atoms with van der Waals surface area (Å²) in [5.41, 5.74) is 8.44. The normalized spacial score (nSPS) is 13.0. The lowest BCUT2D eigenvalue weighted by atomic mass is 9.93. The molecular formula is C21H23N5O3S. The quantitative estimate of drug-likeness (QED) is 0.515. The van der Waals surface area contributed by atoms with Gasteiger partial charge in [0.25, 0.3) is 0 Å². The van der Waals surface area contributed by atoms with Crippen molar-refractivity contribution in [1.82, 2.24) is 20.3 Å². The van der Waals surface area contributed by atoms with Gasteiger partial charge in [-0.05, 0) is 41.8 Å². The van der Waals surface area contributed by atoms with Gasteiger partial charge >= 0.3 is 0 Å².